The van der Waals surface area contributed by atoms with E-state index in [1.165, 1.54) is 25.9 Å². The van der Waals surface area contributed by atoms with E-state index in [4.69, 9.17) is 4.74 Å². The molecule has 0 unspecified atom stereocenters. The zero-order valence-electron chi connectivity index (χ0n) is 13.6. The largest absolute Gasteiger partial charge is 0.377 e. The number of methoxy groups -OCH3 is 1. The Morgan fingerprint density at radius 1 is 1.38 bits per heavy atom. The summed E-state index contributed by atoms with van der Waals surface area (Å²) in [6.45, 7) is 3.86. The number of anilines is 2. The van der Waals surface area contributed by atoms with Crippen LogP contribution >= 0.6 is 0 Å². The molecule has 0 spiro atoms. The Bertz CT molecular complexity index is 446. The van der Waals surface area contributed by atoms with E-state index in [9.17, 15) is 0 Å². The quantitative estimate of drug-likeness (QED) is 0.856. The van der Waals surface area contributed by atoms with E-state index in [2.05, 4.69) is 39.2 Å². The van der Waals surface area contributed by atoms with E-state index >= 15 is 0 Å². The average molecular weight is 293 g/mol. The van der Waals surface area contributed by atoms with Crippen LogP contribution in [0.5, 0.6) is 0 Å². The molecule has 0 atom stereocenters. The van der Waals surface area contributed by atoms with E-state index in [1.807, 2.05) is 13.1 Å². The molecule has 118 valence electrons. The normalized spacial score (nSPS) is 17.0. The zero-order chi connectivity index (χ0) is 15.2. The summed E-state index contributed by atoms with van der Waals surface area (Å²) in [4.78, 5) is 13.6. The Balaban J connectivity index is 2.03. The molecule has 0 radical (unpaired) electrons. The van der Waals surface area contributed by atoms with Crippen LogP contribution in [0.25, 0.3) is 0 Å². The number of aromatic nitrogens is 2. The maximum absolute atomic E-state index is 5.15. The van der Waals surface area contributed by atoms with Crippen LogP contribution in [0.2, 0.25) is 0 Å². The average Bonchev–Trinajstić information content (AvgIpc) is 2.49. The second-order valence-electron chi connectivity index (χ2n) is 5.84. The molecule has 0 aromatic carbocycles. The molecule has 2 rings (SSSR count). The number of likely N-dealkylation sites (tertiary alicyclic amines) is 1. The summed E-state index contributed by atoms with van der Waals surface area (Å²) in [7, 11) is 7.84. The highest BCUT2D eigenvalue weighted by atomic mass is 16.5. The van der Waals surface area contributed by atoms with E-state index in [-0.39, 0.29) is 0 Å². The maximum Gasteiger partial charge on any atom is 0.158 e. The Labute approximate surface area is 127 Å². The Hall–Kier alpha value is -1.40. The van der Waals surface area contributed by atoms with Gasteiger partial charge in [-0.1, -0.05) is 0 Å². The third kappa shape index (κ3) is 4.54. The molecular weight excluding hydrogens is 266 g/mol. The van der Waals surface area contributed by atoms with Gasteiger partial charge < -0.3 is 19.9 Å². The first kappa shape index (κ1) is 16.0. The van der Waals surface area contributed by atoms with Crippen LogP contribution in [0.4, 0.5) is 11.6 Å². The standard InChI is InChI=1S/C15H27N5O/c1-16-13-9-15(18-14(17-13)11-21-4)20(3)10-12-5-7-19(2)8-6-12/h9,12H,5-8,10-11H2,1-4H3,(H,16,17,18). The lowest BCUT2D eigenvalue weighted by Gasteiger charge is -2.32. The third-order valence-electron chi connectivity index (χ3n) is 4.05. The number of ether oxygens (including phenoxy) is 1. The summed E-state index contributed by atoms with van der Waals surface area (Å²) in [5, 5.41) is 3.09. The highest BCUT2D eigenvalue weighted by Gasteiger charge is 2.19. The van der Waals surface area contributed by atoms with Gasteiger partial charge in [0.2, 0.25) is 0 Å². The predicted molar refractivity (Wildman–Crippen MR) is 85.8 cm³/mol. The molecule has 2 heterocycles. The molecule has 1 N–H and O–H groups in total. The molecule has 1 saturated heterocycles. The SMILES string of the molecule is CNc1cc(N(C)CC2CCN(C)CC2)nc(COC)n1. The molecule has 1 aliphatic heterocycles. The molecule has 6 nitrogen and oxygen atoms in total. The van der Waals surface area contributed by atoms with Crippen LogP contribution in [0.3, 0.4) is 0 Å². The van der Waals surface area contributed by atoms with Crippen molar-refractivity contribution in [2.45, 2.75) is 19.4 Å². The summed E-state index contributed by atoms with van der Waals surface area (Å²) in [5.74, 6) is 3.25. The van der Waals surface area contributed by atoms with Gasteiger partial charge in [0.15, 0.2) is 5.82 Å². The molecule has 0 aliphatic carbocycles. The fourth-order valence-electron chi connectivity index (χ4n) is 2.73. The van der Waals surface area contributed by atoms with Gasteiger partial charge in [0, 0.05) is 33.8 Å². The lowest BCUT2D eigenvalue weighted by atomic mass is 9.97. The lowest BCUT2D eigenvalue weighted by Crippen LogP contribution is -2.36. The van der Waals surface area contributed by atoms with Crippen LogP contribution in [0.15, 0.2) is 6.07 Å². The second-order valence-corrected chi connectivity index (χ2v) is 5.84. The van der Waals surface area contributed by atoms with Crippen LogP contribution < -0.4 is 10.2 Å². The van der Waals surface area contributed by atoms with Crippen molar-refractivity contribution in [2.24, 2.45) is 5.92 Å². The molecule has 0 saturated carbocycles. The predicted octanol–water partition coefficient (Wildman–Crippen LogP) is 1.44. The van der Waals surface area contributed by atoms with E-state index < -0.39 is 0 Å². The van der Waals surface area contributed by atoms with Gasteiger partial charge in [0.25, 0.3) is 0 Å². The van der Waals surface area contributed by atoms with Crippen LogP contribution in [-0.4, -0.2) is 62.8 Å². The van der Waals surface area contributed by atoms with Gasteiger partial charge >= 0.3 is 0 Å². The molecule has 0 bridgehead atoms. The zero-order valence-corrected chi connectivity index (χ0v) is 13.6. The fourth-order valence-corrected chi connectivity index (χ4v) is 2.73. The maximum atomic E-state index is 5.15. The summed E-state index contributed by atoms with van der Waals surface area (Å²) >= 11 is 0. The van der Waals surface area contributed by atoms with Crippen LogP contribution in [0, 0.1) is 5.92 Å². The van der Waals surface area contributed by atoms with Gasteiger partial charge in [-0.2, -0.15) is 0 Å². The van der Waals surface area contributed by atoms with Gasteiger partial charge in [-0.25, -0.2) is 9.97 Å². The Kier molecular flexibility index (Phi) is 5.76. The number of nitrogens with one attached hydrogen (secondary N) is 1. The third-order valence-corrected chi connectivity index (χ3v) is 4.05. The smallest absolute Gasteiger partial charge is 0.158 e. The summed E-state index contributed by atoms with van der Waals surface area (Å²) in [5.41, 5.74) is 0. The first-order valence-corrected chi connectivity index (χ1v) is 7.56. The molecule has 1 fully saturated rings. The second kappa shape index (κ2) is 7.56. The summed E-state index contributed by atoms with van der Waals surface area (Å²) in [6, 6.07) is 1.99. The van der Waals surface area contributed by atoms with Crippen molar-refractivity contribution in [1.29, 1.82) is 0 Å². The van der Waals surface area contributed by atoms with Gasteiger partial charge in [0.1, 0.15) is 18.2 Å². The minimum Gasteiger partial charge on any atom is -0.377 e. The number of piperidine rings is 1. The fraction of sp³-hybridized carbons (Fsp3) is 0.733. The summed E-state index contributed by atoms with van der Waals surface area (Å²) < 4.78 is 5.15. The number of nitrogens with zero attached hydrogens (tertiary/aromatic N) is 4. The van der Waals surface area contributed by atoms with Gasteiger partial charge in [-0.3, -0.25) is 0 Å². The highest BCUT2D eigenvalue weighted by Crippen LogP contribution is 2.21. The number of rotatable bonds is 6. The molecule has 1 aromatic rings. The Morgan fingerprint density at radius 3 is 2.71 bits per heavy atom. The molecule has 0 amide bonds. The van der Waals surface area contributed by atoms with Crippen molar-refractivity contribution in [3.63, 3.8) is 0 Å². The topological polar surface area (TPSA) is 53.5 Å². The molecule has 21 heavy (non-hydrogen) atoms. The molecular formula is C15H27N5O. The van der Waals surface area contributed by atoms with Crippen molar-refractivity contribution in [2.75, 3.05) is 58.1 Å². The van der Waals surface area contributed by atoms with E-state index in [0.29, 0.717) is 6.61 Å². The molecule has 6 heteroatoms. The van der Waals surface area contributed by atoms with Crippen molar-refractivity contribution in [1.82, 2.24) is 14.9 Å². The molecule has 1 aromatic heterocycles. The van der Waals surface area contributed by atoms with Crippen LogP contribution in [0.1, 0.15) is 18.7 Å². The summed E-state index contributed by atoms with van der Waals surface area (Å²) in [6.07, 6.45) is 2.52. The van der Waals surface area contributed by atoms with E-state index in [0.717, 1.165) is 29.9 Å². The first-order valence-electron chi connectivity index (χ1n) is 7.56. The first-order chi connectivity index (χ1) is 10.1. The van der Waals surface area contributed by atoms with Crippen molar-refractivity contribution >= 4 is 11.6 Å². The van der Waals surface area contributed by atoms with Gasteiger partial charge in [-0.15, -0.1) is 0 Å². The minimum atomic E-state index is 0.435. The highest BCUT2D eigenvalue weighted by molar-refractivity contribution is 5.48. The van der Waals surface area contributed by atoms with Crippen molar-refractivity contribution in [3.8, 4) is 0 Å². The van der Waals surface area contributed by atoms with Crippen LogP contribution in [-0.2, 0) is 11.3 Å². The Morgan fingerprint density at radius 2 is 2.10 bits per heavy atom. The minimum absolute atomic E-state index is 0.435. The molecule has 1 aliphatic rings. The van der Waals surface area contributed by atoms with E-state index in [1.54, 1.807) is 7.11 Å². The van der Waals surface area contributed by atoms with Crippen molar-refractivity contribution < 1.29 is 4.74 Å². The van der Waals surface area contributed by atoms with Gasteiger partial charge in [0.05, 0.1) is 0 Å². The number of hydrogen-bond donors (Lipinski definition) is 1. The van der Waals surface area contributed by atoms with Crippen molar-refractivity contribution in [3.05, 3.63) is 11.9 Å². The number of hydrogen-bond acceptors (Lipinski definition) is 6. The van der Waals surface area contributed by atoms with Gasteiger partial charge in [-0.05, 0) is 38.9 Å². The monoisotopic (exact) mass is 293 g/mol. The lowest BCUT2D eigenvalue weighted by molar-refractivity contribution is 0.178.